The van der Waals surface area contributed by atoms with Crippen molar-refractivity contribution in [2.75, 3.05) is 20.6 Å². The number of aromatic nitrogens is 2. The van der Waals surface area contributed by atoms with Gasteiger partial charge in [0.15, 0.2) is 0 Å². The first-order valence-electron chi connectivity index (χ1n) is 6.19. The van der Waals surface area contributed by atoms with Crippen LogP contribution in [0, 0.1) is 5.41 Å². The van der Waals surface area contributed by atoms with Crippen molar-refractivity contribution in [3.63, 3.8) is 0 Å². The van der Waals surface area contributed by atoms with Crippen LogP contribution in [0.15, 0.2) is 12.4 Å². The smallest absolute Gasteiger partial charge is 0.122 e. The molecule has 0 bridgehead atoms. The van der Waals surface area contributed by atoms with Crippen molar-refractivity contribution in [3.05, 3.63) is 18.2 Å². The van der Waals surface area contributed by atoms with Gasteiger partial charge in [0.2, 0.25) is 0 Å². The van der Waals surface area contributed by atoms with Crippen LogP contribution in [0.4, 0.5) is 0 Å². The van der Waals surface area contributed by atoms with Crippen molar-refractivity contribution < 1.29 is 0 Å². The van der Waals surface area contributed by atoms with Gasteiger partial charge < -0.3 is 9.88 Å². The van der Waals surface area contributed by atoms with Crippen LogP contribution in [-0.2, 0) is 13.6 Å². The van der Waals surface area contributed by atoms with Crippen molar-refractivity contribution in [2.45, 2.75) is 33.4 Å². The molecule has 0 saturated carbocycles. The Hall–Kier alpha value is -0.870. The summed E-state index contributed by atoms with van der Waals surface area (Å²) in [5.41, 5.74) is 0.245. The second-order valence-corrected chi connectivity index (χ2v) is 5.63. The molecule has 1 aromatic rings. The highest BCUT2D eigenvalue weighted by Gasteiger charge is 2.26. The summed E-state index contributed by atoms with van der Waals surface area (Å²) >= 11 is 0. The van der Waals surface area contributed by atoms with Crippen LogP contribution in [0.1, 0.15) is 26.6 Å². The Balaban J connectivity index is 2.55. The molecule has 0 saturated heterocycles. The van der Waals surface area contributed by atoms with Crippen LogP contribution in [0.25, 0.3) is 0 Å². The third-order valence-electron chi connectivity index (χ3n) is 3.61. The molecule has 1 N–H and O–H groups in total. The molecule has 1 heterocycles. The van der Waals surface area contributed by atoms with E-state index >= 15 is 0 Å². The lowest BCUT2D eigenvalue weighted by molar-refractivity contribution is 0.161. The summed E-state index contributed by atoms with van der Waals surface area (Å²) in [7, 11) is 6.21. The maximum Gasteiger partial charge on any atom is 0.122 e. The molecule has 4 nitrogen and oxygen atoms in total. The average molecular weight is 238 g/mol. The molecule has 98 valence electrons. The Labute approximate surface area is 105 Å². The summed E-state index contributed by atoms with van der Waals surface area (Å²) in [5.74, 6) is 1.11. The zero-order chi connectivity index (χ0) is 13.1. The van der Waals surface area contributed by atoms with Gasteiger partial charge in [0.25, 0.3) is 0 Å². The molecule has 0 fully saturated rings. The second-order valence-electron chi connectivity index (χ2n) is 5.63. The van der Waals surface area contributed by atoms with Gasteiger partial charge in [0, 0.05) is 32.0 Å². The van der Waals surface area contributed by atoms with E-state index in [4.69, 9.17) is 0 Å². The van der Waals surface area contributed by atoms with Gasteiger partial charge in [-0.3, -0.25) is 4.90 Å². The molecule has 0 aliphatic heterocycles. The van der Waals surface area contributed by atoms with Crippen LogP contribution >= 0.6 is 0 Å². The molecule has 1 atom stereocenters. The third kappa shape index (κ3) is 3.82. The molecule has 0 radical (unpaired) electrons. The number of hydrogen-bond acceptors (Lipinski definition) is 3. The predicted molar refractivity (Wildman–Crippen MR) is 71.8 cm³/mol. The summed E-state index contributed by atoms with van der Waals surface area (Å²) in [6, 6.07) is 0.492. The maximum absolute atomic E-state index is 4.36. The predicted octanol–water partition coefficient (Wildman–Crippen LogP) is 1.49. The van der Waals surface area contributed by atoms with E-state index in [1.54, 1.807) is 0 Å². The van der Waals surface area contributed by atoms with E-state index in [0.29, 0.717) is 6.04 Å². The highest BCUT2D eigenvalue weighted by molar-refractivity contribution is 4.91. The maximum atomic E-state index is 4.36. The zero-order valence-electron chi connectivity index (χ0n) is 12.0. The van der Waals surface area contributed by atoms with Gasteiger partial charge in [-0.05, 0) is 26.4 Å². The largest absolute Gasteiger partial charge is 0.337 e. The van der Waals surface area contributed by atoms with Crippen LogP contribution < -0.4 is 5.32 Å². The van der Waals surface area contributed by atoms with Crippen LogP contribution in [0.2, 0.25) is 0 Å². The van der Waals surface area contributed by atoms with E-state index in [1.807, 2.05) is 26.5 Å². The first-order valence-corrected chi connectivity index (χ1v) is 6.19. The summed E-state index contributed by atoms with van der Waals surface area (Å²) < 4.78 is 2.07. The molecular formula is C13H26N4. The minimum atomic E-state index is 0.245. The fourth-order valence-electron chi connectivity index (χ4n) is 2.07. The van der Waals surface area contributed by atoms with Crippen molar-refractivity contribution in [1.82, 2.24) is 19.8 Å². The van der Waals surface area contributed by atoms with Gasteiger partial charge in [0.05, 0.1) is 6.54 Å². The zero-order valence-corrected chi connectivity index (χ0v) is 12.0. The van der Waals surface area contributed by atoms with E-state index in [1.165, 1.54) is 0 Å². The Bertz CT molecular complexity index is 343. The molecule has 1 unspecified atom stereocenters. The van der Waals surface area contributed by atoms with Gasteiger partial charge in [-0.15, -0.1) is 0 Å². The number of nitrogens with zero attached hydrogens (tertiary/aromatic N) is 3. The minimum Gasteiger partial charge on any atom is -0.337 e. The lowest BCUT2D eigenvalue weighted by Gasteiger charge is -2.35. The van der Waals surface area contributed by atoms with Gasteiger partial charge >= 0.3 is 0 Å². The molecular weight excluding hydrogens is 212 g/mol. The minimum absolute atomic E-state index is 0.245. The first-order chi connectivity index (χ1) is 7.86. The molecule has 0 spiro atoms. The van der Waals surface area contributed by atoms with E-state index in [9.17, 15) is 0 Å². The topological polar surface area (TPSA) is 33.1 Å². The Kier molecular flexibility index (Phi) is 4.71. The Morgan fingerprint density at radius 2 is 2.18 bits per heavy atom. The van der Waals surface area contributed by atoms with Gasteiger partial charge in [0.1, 0.15) is 5.82 Å². The lowest BCUT2D eigenvalue weighted by atomic mass is 9.85. The lowest BCUT2D eigenvalue weighted by Crippen LogP contribution is -2.44. The molecule has 4 heteroatoms. The van der Waals surface area contributed by atoms with Crippen molar-refractivity contribution in [3.8, 4) is 0 Å². The molecule has 17 heavy (non-hydrogen) atoms. The summed E-state index contributed by atoms with van der Waals surface area (Å²) in [5, 5.41) is 3.33. The highest BCUT2D eigenvalue weighted by atomic mass is 15.2. The van der Waals surface area contributed by atoms with E-state index < -0.39 is 0 Å². The van der Waals surface area contributed by atoms with Crippen LogP contribution in [0.3, 0.4) is 0 Å². The summed E-state index contributed by atoms with van der Waals surface area (Å²) in [6.45, 7) is 8.76. The number of aryl methyl sites for hydroxylation is 1. The highest BCUT2D eigenvalue weighted by Crippen LogP contribution is 2.21. The standard InChI is InChI=1S/C13H26N4/c1-11(14-4)13(2,3)10-16(5)9-12-15-7-8-17(12)6/h7-8,11,14H,9-10H2,1-6H3. The van der Waals surface area contributed by atoms with Crippen molar-refractivity contribution in [2.24, 2.45) is 12.5 Å². The van der Waals surface area contributed by atoms with Gasteiger partial charge in [-0.25, -0.2) is 4.98 Å². The Morgan fingerprint density at radius 3 is 2.65 bits per heavy atom. The molecule has 1 rings (SSSR count). The Morgan fingerprint density at radius 1 is 1.53 bits per heavy atom. The fraction of sp³-hybridized carbons (Fsp3) is 0.769. The first kappa shape index (κ1) is 14.2. The summed E-state index contributed by atoms with van der Waals surface area (Å²) in [4.78, 5) is 6.69. The molecule has 1 aromatic heterocycles. The van der Waals surface area contributed by atoms with E-state index in [-0.39, 0.29) is 5.41 Å². The van der Waals surface area contributed by atoms with Crippen LogP contribution in [0.5, 0.6) is 0 Å². The number of hydrogen-bond donors (Lipinski definition) is 1. The monoisotopic (exact) mass is 238 g/mol. The quantitative estimate of drug-likeness (QED) is 0.815. The number of nitrogens with one attached hydrogen (secondary N) is 1. The SMILES string of the molecule is CNC(C)C(C)(C)CN(C)Cc1nccn1C. The summed E-state index contributed by atoms with van der Waals surface area (Å²) in [6.07, 6.45) is 3.84. The van der Waals surface area contributed by atoms with Crippen molar-refractivity contribution in [1.29, 1.82) is 0 Å². The van der Waals surface area contributed by atoms with Gasteiger partial charge in [-0.2, -0.15) is 0 Å². The number of imidazole rings is 1. The van der Waals surface area contributed by atoms with E-state index in [0.717, 1.165) is 18.9 Å². The fourth-order valence-corrected chi connectivity index (χ4v) is 2.07. The second kappa shape index (κ2) is 5.65. The third-order valence-corrected chi connectivity index (χ3v) is 3.61. The molecule has 0 amide bonds. The van der Waals surface area contributed by atoms with Crippen molar-refractivity contribution >= 4 is 0 Å². The molecule has 0 aromatic carbocycles. The van der Waals surface area contributed by atoms with Crippen LogP contribution in [-0.4, -0.2) is 41.1 Å². The van der Waals surface area contributed by atoms with E-state index in [2.05, 4.69) is 47.6 Å². The molecule has 0 aliphatic carbocycles. The number of rotatable bonds is 6. The molecule has 0 aliphatic rings. The van der Waals surface area contributed by atoms with Gasteiger partial charge in [-0.1, -0.05) is 13.8 Å². The normalized spacial score (nSPS) is 14.3. The average Bonchev–Trinajstić information content (AvgIpc) is 2.62.